The van der Waals surface area contributed by atoms with E-state index in [9.17, 15) is 4.79 Å². The zero-order valence-electron chi connectivity index (χ0n) is 13.8. The lowest BCUT2D eigenvalue weighted by molar-refractivity contribution is 0.0669. The molecule has 1 unspecified atom stereocenters. The number of nitrogens with zero attached hydrogens (tertiary/aromatic N) is 3. The first kappa shape index (κ1) is 16.6. The van der Waals surface area contributed by atoms with Gasteiger partial charge in [-0.25, -0.2) is 0 Å². The number of carbonyl (C=O) groups is 1. The Kier molecular flexibility index (Phi) is 4.66. The van der Waals surface area contributed by atoms with Crippen molar-refractivity contribution in [1.82, 2.24) is 14.7 Å². The molecule has 6 nitrogen and oxygen atoms in total. The lowest BCUT2D eigenvalue weighted by Gasteiger charge is -2.33. The second kappa shape index (κ2) is 6.73. The second-order valence-electron chi connectivity index (χ2n) is 6.12. The van der Waals surface area contributed by atoms with E-state index in [4.69, 9.17) is 22.1 Å². The molecular weight excluding hydrogens is 328 g/mol. The highest BCUT2D eigenvalue weighted by Gasteiger charge is 2.28. The summed E-state index contributed by atoms with van der Waals surface area (Å²) in [6.45, 7) is 3.34. The third-order valence-corrected chi connectivity index (χ3v) is 4.66. The summed E-state index contributed by atoms with van der Waals surface area (Å²) in [4.78, 5) is 14.8. The van der Waals surface area contributed by atoms with E-state index in [0.717, 1.165) is 18.4 Å². The van der Waals surface area contributed by atoms with Crippen molar-refractivity contribution in [2.75, 3.05) is 25.9 Å². The van der Waals surface area contributed by atoms with Crippen LogP contribution in [0.5, 0.6) is 5.75 Å². The van der Waals surface area contributed by atoms with Crippen LogP contribution in [0.2, 0.25) is 5.02 Å². The van der Waals surface area contributed by atoms with E-state index < -0.39 is 0 Å². The molecule has 1 aromatic carbocycles. The Morgan fingerprint density at radius 3 is 2.92 bits per heavy atom. The van der Waals surface area contributed by atoms with Crippen LogP contribution in [0.1, 0.15) is 34.8 Å². The fraction of sp³-hybridized carbons (Fsp3) is 0.412. The average Bonchev–Trinajstić information content (AvgIpc) is 3.03. The van der Waals surface area contributed by atoms with Gasteiger partial charge in [0.15, 0.2) is 0 Å². The summed E-state index contributed by atoms with van der Waals surface area (Å²) < 4.78 is 7.25. The lowest BCUT2D eigenvalue weighted by atomic mass is 10.0. The van der Waals surface area contributed by atoms with Gasteiger partial charge in [0.05, 0.1) is 35.6 Å². The van der Waals surface area contributed by atoms with E-state index in [1.54, 1.807) is 12.1 Å². The van der Waals surface area contributed by atoms with Crippen molar-refractivity contribution in [1.29, 1.82) is 0 Å². The Balaban J connectivity index is 1.83. The predicted octanol–water partition coefficient (Wildman–Crippen LogP) is 2.91. The van der Waals surface area contributed by atoms with Crippen LogP contribution >= 0.6 is 11.6 Å². The lowest BCUT2D eigenvalue weighted by Crippen LogP contribution is -2.41. The molecular formula is C17H21ClN4O2. The zero-order chi connectivity index (χ0) is 17.3. The first-order chi connectivity index (χ1) is 11.5. The highest BCUT2D eigenvalue weighted by molar-refractivity contribution is 6.33. The summed E-state index contributed by atoms with van der Waals surface area (Å²) in [5, 5.41) is 4.74. The number of aromatic nitrogens is 2. The van der Waals surface area contributed by atoms with Crippen molar-refractivity contribution in [2.45, 2.75) is 25.8 Å². The van der Waals surface area contributed by atoms with Gasteiger partial charge < -0.3 is 15.4 Å². The highest BCUT2D eigenvalue weighted by Crippen LogP contribution is 2.31. The zero-order valence-corrected chi connectivity index (χ0v) is 14.6. The monoisotopic (exact) mass is 348 g/mol. The van der Waals surface area contributed by atoms with Crippen LogP contribution in [-0.4, -0.2) is 40.8 Å². The number of ether oxygens (including phenoxy) is 1. The van der Waals surface area contributed by atoms with E-state index in [1.165, 1.54) is 7.11 Å². The van der Waals surface area contributed by atoms with Crippen molar-refractivity contribution < 1.29 is 9.53 Å². The standard InChI is InChI=1S/C17H21ClN4O2/c1-11-8-20-22(9-11)12-4-3-5-21(10-12)17(23)13-6-14(18)15(19)7-16(13)24-2/h6-9,12H,3-5,10,19H2,1-2H3. The second-order valence-corrected chi connectivity index (χ2v) is 6.53. The SMILES string of the molecule is COc1cc(N)c(Cl)cc1C(=O)N1CCCC(n2cc(C)cn2)C1. The number of halogens is 1. The number of piperidine rings is 1. The molecule has 0 aliphatic carbocycles. The fourth-order valence-electron chi connectivity index (χ4n) is 3.06. The van der Waals surface area contributed by atoms with Gasteiger partial charge in [0.2, 0.25) is 0 Å². The van der Waals surface area contributed by atoms with Crippen molar-refractivity contribution in [2.24, 2.45) is 0 Å². The number of methoxy groups -OCH3 is 1. The molecule has 24 heavy (non-hydrogen) atoms. The summed E-state index contributed by atoms with van der Waals surface area (Å²) in [6, 6.07) is 3.36. The van der Waals surface area contributed by atoms with Crippen LogP contribution in [0.3, 0.4) is 0 Å². The van der Waals surface area contributed by atoms with Crippen molar-refractivity contribution in [3.8, 4) is 5.75 Å². The molecule has 1 aliphatic heterocycles. The van der Waals surface area contributed by atoms with Gasteiger partial charge in [-0.2, -0.15) is 5.10 Å². The van der Waals surface area contributed by atoms with Crippen LogP contribution in [0.25, 0.3) is 0 Å². The minimum atomic E-state index is -0.0951. The van der Waals surface area contributed by atoms with Gasteiger partial charge in [0, 0.05) is 25.4 Å². The minimum Gasteiger partial charge on any atom is -0.496 e. The number of hydrogen-bond acceptors (Lipinski definition) is 4. The van der Waals surface area contributed by atoms with Crippen LogP contribution in [0.4, 0.5) is 5.69 Å². The summed E-state index contributed by atoms with van der Waals surface area (Å²) in [7, 11) is 1.52. The maximum absolute atomic E-state index is 12.9. The number of aryl methyl sites for hydroxylation is 1. The van der Waals surface area contributed by atoms with Crippen LogP contribution in [-0.2, 0) is 0 Å². The molecule has 0 saturated carbocycles. The maximum atomic E-state index is 12.9. The van der Waals surface area contributed by atoms with E-state index in [1.807, 2.05) is 28.9 Å². The van der Waals surface area contributed by atoms with Gasteiger partial charge in [-0.3, -0.25) is 9.48 Å². The van der Waals surface area contributed by atoms with E-state index in [-0.39, 0.29) is 11.9 Å². The molecule has 1 amide bonds. The first-order valence-electron chi connectivity index (χ1n) is 7.92. The molecule has 1 aliphatic rings. The van der Waals surface area contributed by atoms with Crippen LogP contribution in [0, 0.1) is 6.92 Å². The Hall–Kier alpha value is -2.21. The smallest absolute Gasteiger partial charge is 0.257 e. The molecule has 0 radical (unpaired) electrons. The third kappa shape index (κ3) is 3.19. The molecule has 2 N–H and O–H groups in total. The van der Waals surface area contributed by atoms with Gasteiger partial charge in [-0.1, -0.05) is 11.6 Å². The van der Waals surface area contributed by atoms with E-state index in [0.29, 0.717) is 35.1 Å². The molecule has 1 aromatic heterocycles. The van der Waals surface area contributed by atoms with Crippen molar-refractivity contribution >= 4 is 23.2 Å². The summed E-state index contributed by atoms with van der Waals surface area (Å²) in [5.41, 5.74) is 7.75. The number of carbonyl (C=O) groups excluding carboxylic acids is 1. The van der Waals surface area contributed by atoms with E-state index in [2.05, 4.69) is 5.10 Å². The number of hydrogen-bond donors (Lipinski definition) is 1. The largest absolute Gasteiger partial charge is 0.496 e. The quantitative estimate of drug-likeness (QED) is 0.865. The first-order valence-corrected chi connectivity index (χ1v) is 8.30. The Bertz CT molecular complexity index is 759. The van der Waals surface area contributed by atoms with Gasteiger partial charge in [-0.15, -0.1) is 0 Å². The van der Waals surface area contributed by atoms with Gasteiger partial charge in [0.1, 0.15) is 5.75 Å². The summed E-state index contributed by atoms with van der Waals surface area (Å²) >= 11 is 6.09. The van der Waals surface area contributed by atoms with Crippen LogP contribution in [0.15, 0.2) is 24.5 Å². The van der Waals surface area contributed by atoms with Crippen LogP contribution < -0.4 is 10.5 Å². The summed E-state index contributed by atoms with van der Waals surface area (Å²) in [5.74, 6) is 0.348. The number of rotatable bonds is 3. The number of nitrogen functional groups attached to an aromatic ring is 1. The molecule has 1 fully saturated rings. The number of anilines is 1. The normalized spacial score (nSPS) is 17.8. The molecule has 0 bridgehead atoms. The molecule has 0 spiro atoms. The van der Waals surface area contributed by atoms with Gasteiger partial charge in [-0.05, 0) is 31.4 Å². The fourth-order valence-corrected chi connectivity index (χ4v) is 3.23. The van der Waals surface area contributed by atoms with Gasteiger partial charge >= 0.3 is 0 Å². The average molecular weight is 349 g/mol. The Morgan fingerprint density at radius 1 is 1.46 bits per heavy atom. The molecule has 7 heteroatoms. The maximum Gasteiger partial charge on any atom is 0.257 e. The number of benzene rings is 1. The van der Waals surface area contributed by atoms with Crippen molar-refractivity contribution in [3.63, 3.8) is 0 Å². The number of nitrogens with two attached hydrogens (primary N) is 1. The molecule has 2 aromatic rings. The van der Waals surface area contributed by atoms with Gasteiger partial charge in [0.25, 0.3) is 5.91 Å². The molecule has 3 rings (SSSR count). The summed E-state index contributed by atoms with van der Waals surface area (Å²) in [6.07, 6.45) is 5.79. The Morgan fingerprint density at radius 2 is 2.25 bits per heavy atom. The minimum absolute atomic E-state index is 0.0951. The topological polar surface area (TPSA) is 73.4 Å². The number of likely N-dealkylation sites (tertiary alicyclic amines) is 1. The molecule has 2 heterocycles. The molecule has 128 valence electrons. The molecule has 1 atom stereocenters. The number of amides is 1. The van der Waals surface area contributed by atoms with Crippen molar-refractivity contribution in [3.05, 3.63) is 40.7 Å². The highest BCUT2D eigenvalue weighted by atomic mass is 35.5. The predicted molar refractivity (Wildman–Crippen MR) is 93.6 cm³/mol. The third-order valence-electron chi connectivity index (χ3n) is 4.34. The van der Waals surface area contributed by atoms with E-state index >= 15 is 0 Å². The Labute approximate surface area is 146 Å². The molecule has 1 saturated heterocycles.